The zero-order valence-electron chi connectivity index (χ0n) is 9.02. The van der Waals surface area contributed by atoms with E-state index < -0.39 is 0 Å². The molecular formula is C12H15NO3. The fourth-order valence-corrected chi connectivity index (χ4v) is 1.52. The Morgan fingerprint density at radius 2 is 2.31 bits per heavy atom. The van der Waals surface area contributed by atoms with E-state index in [1.54, 1.807) is 0 Å². The Hall–Kier alpha value is -1.55. The second kappa shape index (κ2) is 4.99. The van der Waals surface area contributed by atoms with Crippen molar-refractivity contribution >= 4 is 11.7 Å². The van der Waals surface area contributed by atoms with E-state index in [0.29, 0.717) is 26.1 Å². The predicted octanol–water partition coefficient (Wildman–Crippen LogP) is 1.14. The number of carbonyl (C=O) groups is 1. The lowest BCUT2D eigenvalue weighted by Gasteiger charge is -2.25. The molecule has 16 heavy (non-hydrogen) atoms. The molecule has 2 rings (SSSR count). The van der Waals surface area contributed by atoms with Gasteiger partial charge in [0.05, 0.1) is 13.2 Å². The average Bonchev–Trinajstić information content (AvgIpc) is 2.21. The van der Waals surface area contributed by atoms with Gasteiger partial charge in [0.25, 0.3) is 0 Å². The molecule has 0 bridgehead atoms. The van der Waals surface area contributed by atoms with Crippen LogP contribution in [-0.4, -0.2) is 25.3 Å². The highest BCUT2D eigenvalue weighted by Crippen LogP contribution is 2.11. The lowest BCUT2D eigenvalue weighted by Crippen LogP contribution is -2.37. The van der Waals surface area contributed by atoms with Crippen molar-refractivity contribution in [3.05, 3.63) is 29.8 Å². The molecule has 1 heterocycles. The van der Waals surface area contributed by atoms with Crippen molar-refractivity contribution < 1.29 is 14.3 Å². The van der Waals surface area contributed by atoms with Gasteiger partial charge in [0.1, 0.15) is 6.10 Å². The minimum atomic E-state index is -0.171. The van der Waals surface area contributed by atoms with Crippen molar-refractivity contribution in [1.82, 2.24) is 0 Å². The zero-order valence-corrected chi connectivity index (χ0v) is 9.02. The summed E-state index contributed by atoms with van der Waals surface area (Å²) in [6, 6.07) is 7.54. The molecule has 1 fully saturated rings. The number of esters is 1. The van der Waals surface area contributed by atoms with Crippen molar-refractivity contribution in [2.75, 3.05) is 18.9 Å². The Labute approximate surface area is 94.3 Å². The summed E-state index contributed by atoms with van der Waals surface area (Å²) in [5.74, 6) is -0.171. The van der Waals surface area contributed by atoms with Crippen LogP contribution in [0.25, 0.3) is 0 Å². The minimum Gasteiger partial charge on any atom is -0.457 e. The summed E-state index contributed by atoms with van der Waals surface area (Å²) in [4.78, 5) is 11.4. The van der Waals surface area contributed by atoms with Gasteiger partial charge in [-0.05, 0) is 24.1 Å². The van der Waals surface area contributed by atoms with Crippen LogP contribution in [0.15, 0.2) is 24.3 Å². The van der Waals surface area contributed by atoms with Crippen LogP contribution in [0.3, 0.4) is 0 Å². The first-order valence-corrected chi connectivity index (χ1v) is 5.35. The van der Waals surface area contributed by atoms with Crippen molar-refractivity contribution in [2.45, 2.75) is 18.9 Å². The molecule has 1 aliphatic rings. The van der Waals surface area contributed by atoms with Gasteiger partial charge in [-0.2, -0.15) is 0 Å². The second-order valence-corrected chi connectivity index (χ2v) is 3.89. The standard InChI is InChI=1S/C12H15NO3/c13-10-3-1-2-9(6-10)4-5-12(14)16-11-7-15-8-11/h1-3,6,11H,4-5,7-8,13H2. The minimum absolute atomic E-state index is 0.0339. The van der Waals surface area contributed by atoms with E-state index in [-0.39, 0.29) is 12.1 Å². The molecule has 86 valence electrons. The number of hydrogen-bond donors (Lipinski definition) is 1. The lowest BCUT2D eigenvalue weighted by atomic mass is 10.1. The Morgan fingerprint density at radius 1 is 1.50 bits per heavy atom. The summed E-state index contributed by atoms with van der Waals surface area (Å²) in [6.07, 6.45) is 1.02. The molecule has 1 aromatic rings. The van der Waals surface area contributed by atoms with Crippen LogP contribution < -0.4 is 5.73 Å². The molecule has 4 nitrogen and oxygen atoms in total. The van der Waals surface area contributed by atoms with Crippen LogP contribution in [0.2, 0.25) is 0 Å². The molecule has 4 heteroatoms. The van der Waals surface area contributed by atoms with Crippen LogP contribution in [-0.2, 0) is 20.7 Å². The summed E-state index contributed by atoms with van der Waals surface area (Å²) in [5.41, 5.74) is 7.42. The Kier molecular flexibility index (Phi) is 3.41. The van der Waals surface area contributed by atoms with Gasteiger partial charge in [-0.25, -0.2) is 0 Å². The second-order valence-electron chi connectivity index (χ2n) is 3.89. The van der Waals surface area contributed by atoms with Gasteiger partial charge in [-0.15, -0.1) is 0 Å². The van der Waals surface area contributed by atoms with Crippen molar-refractivity contribution in [1.29, 1.82) is 0 Å². The zero-order chi connectivity index (χ0) is 11.4. The molecule has 0 radical (unpaired) electrons. The van der Waals surface area contributed by atoms with Gasteiger partial charge in [0.15, 0.2) is 0 Å². The Morgan fingerprint density at radius 3 is 2.94 bits per heavy atom. The Bertz CT molecular complexity index is 374. The van der Waals surface area contributed by atoms with Crippen LogP contribution in [0.4, 0.5) is 5.69 Å². The monoisotopic (exact) mass is 221 g/mol. The molecule has 0 aliphatic carbocycles. The molecule has 2 N–H and O–H groups in total. The number of aryl methyl sites for hydroxylation is 1. The molecule has 0 amide bonds. The number of benzene rings is 1. The summed E-state index contributed by atoms with van der Waals surface area (Å²) in [7, 11) is 0. The van der Waals surface area contributed by atoms with E-state index in [9.17, 15) is 4.79 Å². The van der Waals surface area contributed by atoms with Crippen LogP contribution in [0, 0.1) is 0 Å². The number of anilines is 1. The maximum atomic E-state index is 11.4. The third kappa shape index (κ3) is 2.97. The van der Waals surface area contributed by atoms with Crippen molar-refractivity contribution in [3.8, 4) is 0 Å². The maximum Gasteiger partial charge on any atom is 0.306 e. The molecule has 1 saturated heterocycles. The number of nitrogens with two attached hydrogens (primary N) is 1. The summed E-state index contributed by atoms with van der Waals surface area (Å²) >= 11 is 0. The highest BCUT2D eigenvalue weighted by atomic mass is 16.6. The number of ether oxygens (including phenoxy) is 2. The van der Waals surface area contributed by atoms with Gasteiger partial charge in [-0.1, -0.05) is 12.1 Å². The quantitative estimate of drug-likeness (QED) is 0.612. The normalized spacial score (nSPS) is 15.5. The largest absolute Gasteiger partial charge is 0.457 e. The Balaban J connectivity index is 1.75. The van der Waals surface area contributed by atoms with Crippen molar-refractivity contribution in [2.24, 2.45) is 0 Å². The average molecular weight is 221 g/mol. The van der Waals surface area contributed by atoms with E-state index >= 15 is 0 Å². The molecule has 0 atom stereocenters. The van der Waals surface area contributed by atoms with Gasteiger partial charge >= 0.3 is 5.97 Å². The van der Waals surface area contributed by atoms with Crippen LogP contribution >= 0.6 is 0 Å². The highest BCUT2D eigenvalue weighted by Gasteiger charge is 2.22. The summed E-state index contributed by atoms with van der Waals surface area (Å²) in [5, 5.41) is 0. The van der Waals surface area contributed by atoms with E-state index in [2.05, 4.69) is 0 Å². The lowest BCUT2D eigenvalue weighted by molar-refractivity contribution is -0.172. The fourth-order valence-electron chi connectivity index (χ4n) is 1.52. The number of carbonyl (C=O) groups excluding carboxylic acids is 1. The predicted molar refractivity (Wildman–Crippen MR) is 59.9 cm³/mol. The molecule has 1 aliphatic heterocycles. The number of nitrogen functional groups attached to an aromatic ring is 1. The smallest absolute Gasteiger partial charge is 0.306 e. The molecule has 0 unspecified atom stereocenters. The van der Waals surface area contributed by atoms with E-state index in [1.807, 2.05) is 24.3 Å². The molecule has 0 aromatic heterocycles. The van der Waals surface area contributed by atoms with Gasteiger partial charge in [0, 0.05) is 12.1 Å². The first-order valence-electron chi connectivity index (χ1n) is 5.35. The fraction of sp³-hybridized carbons (Fsp3) is 0.417. The first-order chi connectivity index (χ1) is 7.74. The number of rotatable bonds is 4. The first kappa shape index (κ1) is 11.0. The van der Waals surface area contributed by atoms with E-state index in [1.165, 1.54) is 0 Å². The highest BCUT2D eigenvalue weighted by molar-refractivity contribution is 5.70. The topological polar surface area (TPSA) is 61.6 Å². The van der Waals surface area contributed by atoms with E-state index in [0.717, 1.165) is 11.3 Å². The maximum absolute atomic E-state index is 11.4. The molecule has 0 spiro atoms. The number of hydrogen-bond acceptors (Lipinski definition) is 4. The SMILES string of the molecule is Nc1cccc(CCC(=O)OC2COC2)c1. The molecule has 1 aromatic carbocycles. The molecular weight excluding hydrogens is 206 g/mol. The van der Waals surface area contributed by atoms with E-state index in [4.69, 9.17) is 15.2 Å². The third-order valence-corrected chi connectivity index (χ3v) is 2.47. The van der Waals surface area contributed by atoms with Crippen molar-refractivity contribution in [3.63, 3.8) is 0 Å². The van der Waals surface area contributed by atoms with Gasteiger partial charge in [0.2, 0.25) is 0 Å². The molecule has 0 saturated carbocycles. The van der Waals surface area contributed by atoms with Gasteiger partial charge < -0.3 is 15.2 Å². The third-order valence-electron chi connectivity index (χ3n) is 2.47. The van der Waals surface area contributed by atoms with Crippen LogP contribution in [0.1, 0.15) is 12.0 Å². The van der Waals surface area contributed by atoms with Gasteiger partial charge in [-0.3, -0.25) is 4.79 Å². The summed E-state index contributed by atoms with van der Waals surface area (Å²) in [6.45, 7) is 1.06. The summed E-state index contributed by atoms with van der Waals surface area (Å²) < 4.78 is 10.1. The van der Waals surface area contributed by atoms with Crippen LogP contribution in [0.5, 0.6) is 0 Å².